The average molecular weight is 378 g/mol. The Morgan fingerprint density at radius 1 is 1.04 bits per heavy atom. The van der Waals surface area contributed by atoms with E-state index in [1.54, 1.807) is 29.2 Å². The van der Waals surface area contributed by atoms with E-state index in [0.717, 1.165) is 5.56 Å². The predicted octanol–water partition coefficient (Wildman–Crippen LogP) is 3.12. The molecule has 0 spiro atoms. The van der Waals surface area contributed by atoms with E-state index in [0.29, 0.717) is 17.4 Å². The average Bonchev–Trinajstić information content (AvgIpc) is 2.69. The number of hydrogen-bond donors (Lipinski definition) is 1. The number of carbonyl (C=O) groups excluding carboxylic acids is 2. The van der Waals surface area contributed by atoms with Crippen LogP contribution in [0.15, 0.2) is 65.5 Å². The van der Waals surface area contributed by atoms with Gasteiger partial charge in [0.05, 0.1) is 5.56 Å². The Hall–Kier alpha value is -3.41. The Bertz CT molecular complexity index is 1040. The normalized spacial score (nSPS) is 10.8. The molecule has 0 radical (unpaired) electrons. The molecule has 28 heavy (non-hydrogen) atoms. The SMILES string of the molecule is CC(C)N(Cc1ccccc1)C(=O)COC(=O)c1cc(=O)[nH]c2ccccc12. The van der Waals surface area contributed by atoms with Crippen molar-refractivity contribution in [2.24, 2.45) is 0 Å². The Morgan fingerprint density at radius 3 is 2.43 bits per heavy atom. The number of ether oxygens (including phenoxy) is 1. The first-order valence-electron chi connectivity index (χ1n) is 9.08. The van der Waals surface area contributed by atoms with Crippen molar-refractivity contribution >= 4 is 22.8 Å². The van der Waals surface area contributed by atoms with Gasteiger partial charge in [0.2, 0.25) is 5.56 Å². The van der Waals surface area contributed by atoms with Gasteiger partial charge in [0, 0.05) is 29.6 Å². The summed E-state index contributed by atoms with van der Waals surface area (Å²) in [7, 11) is 0. The Balaban J connectivity index is 1.73. The minimum absolute atomic E-state index is 0.0493. The highest BCUT2D eigenvalue weighted by atomic mass is 16.5. The zero-order valence-electron chi connectivity index (χ0n) is 15.8. The molecular weight excluding hydrogens is 356 g/mol. The maximum atomic E-state index is 12.6. The number of esters is 1. The third-order valence-corrected chi connectivity index (χ3v) is 4.44. The predicted molar refractivity (Wildman–Crippen MR) is 107 cm³/mol. The number of aromatic nitrogens is 1. The maximum absolute atomic E-state index is 12.6. The van der Waals surface area contributed by atoms with Gasteiger partial charge in [-0.05, 0) is 25.5 Å². The van der Waals surface area contributed by atoms with E-state index in [2.05, 4.69) is 4.98 Å². The quantitative estimate of drug-likeness (QED) is 0.669. The summed E-state index contributed by atoms with van der Waals surface area (Å²) in [6, 6.07) is 17.7. The zero-order chi connectivity index (χ0) is 20.1. The summed E-state index contributed by atoms with van der Waals surface area (Å²) in [6.45, 7) is 3.87. The first-order valence-corrected chi connectivity index (χ1v) is 9.08. The van der Waals surface area contributed by atoms with E-state index in [1.165, 1.54) is 6.07 Å². The molecule has 0 saturated carbocycles. The number of pyridine rings is 1. The molecule has 0 fully saturated rings. The standard InChI is InChI=1S/C22H22N2O4/c1-15(2)24(13-16-8-4-3-5-9-16)21(26)14-28-22(27)18-12-20(25)23-19-11-7-6-10-17(18)19/h3-12,15H,13-14H2,1-2H3,(H,23,25). The molecule has 0 atom stereocenters. The van der Waals surface area contributed by atoms with Gasteiger partial charge in [-0.25, -0.2) is 4.79 Å². The molecule has 3 aromatic rings. The van der Waals surface area contributed by atoms with E-state index in [9.17, 15) is 14.4 Å². The summed E-state index contributed by atoms with van der Waals surface area (Å²) >= 11 is 0. The maximum Gasteiger partial charge on any atom is 0.339 e. The molecule has 0 aliphatic rings. The number of benzene rings is 2. The number of hydrogen-bond acceptors (Lipinski definition) is 4. The fraction of sp³-hybridized carbons (Fsp3) is 0.227. The molecule has 0 bridgehead atoms. The van der Waals surface area contributed by atoms with Gasteiger partial charge in [0.15, 0.2) is 6.61 Å². The van der Waals surface area contributed by atoms with Crippen molar-refractivity contribution in [1.29, 1.82) is 0 Å². The topological polar surface area (TPSA) is 79.5 Å². The number of aromatic amines is 1. The number of nitrogens with zero attached hydrogens (tertiary/aromatic N) is 1. The van der Waals surface area contributed by atoms with Gasteiger partial charge >= 0.3 is 5.97 Å². The fourth-order valence-electron chi connectivity index (χ4n) is 3.00. The van der Waals surface area contributed by atoms with E-state index < -0.39 is 11.5 Å². The first-order chi connectivity index (χ1) is 13.5. The van der Waals surface area contributed by atoms with Crippen molar-refractivity contribution in [3.8, 4) is 0 Å². The van der Waals surface area contributed by atoms with E-state index in [-0.39, 0.29) is 24.1 Å². The van der Waals surface area contributed by atoms with Crippen LogP contribution in [-0.4, -0.2) is 34.4 Å². The molecule has 6 heteroatoms. The first kappa shape index (κ1) is 19.4. The lowest BCUT2D eigenvalue weighted by atomic mass is 10.1. The third-order valence-electron chi connectivity index (χ3n) is 4.44. The molecule has 0 unspecified atom stereocenters. The van der Waals surface area contributed by atoms with Crippen molar-refractivity contribution < 1.29 is 14.3 Å². The highest BCUT2D eigenvalue weighted by Crippen LogP contribution is 2.16. The Kier molecular flexibility index (Phi) is 5.89. The molecule has 3 rings (SSSR count). The summed E-state index contributed by atoms with van der Waals surface area (Å²) in [5.41, 5.74) is 1.29. The minimum atomic E-state index is -0.695. The highest BCUT2D eigenvalue weighted by Gasteiger charge is 2.20. The third kappa shape index (κ3) is 4.46. The van der Waals surface area contributed by atoms with Crippen LogP contribution in [0.25, 0.3) is 10.9 Å². The molecule has 0 aliphatic heterocycles. The Morgan fingerprint density at radius 2 is 1.71 bits per heavy atom. The lowest BCUT2D eigenvalue weighted by molar-refractivity contribution is -0.136. The number of carbonyl (C=O) groups is 2. The smallest absolute Gasteiger partial charge is 0.339 e. The van der Waals surface area contributed by atoms with Crippen LogP contribution in [0, 0.1) is 0 Å². The van der Waals surface area contributed by atoms with Crippen LogP contribution >= 0.6 is 0 Å². The highest BCUT2D eigenvalue weighted by molar-refractivity contribution is 6.03. The van der Waals surface area contributed by atoms with Crippen molar-refractivity contribution in [3.63, 3.8) is 0 Å². The number of amides is 1. The molecule has 6 nitrogen and oxygen atoms in total. The molecular formula is C22H22N2O4. The lowest BCUT2D eigenvalue weighted by Gasteiger charge is -2.26. The summed E-state index contributed by atoms with van der Waals surface area (Å²) in [4.78, 5) is 41.3. The van der Waals surface area contributed by atoms with Crippen LogP contribution in [0.3, 0.4) is 0 Å². The van der Waals surface area contributed by atoms with Gasteiger partial charge in [-0.15, -0.1) is 0 Å². The molecule has 0 aliphatic carbocycles. The monoisotopic (exact) mass is 378 g/mol. The number of nitrogens with one attached hydrogen (secondary N) is 1. The zero-order valence-corrected chi connectivity index (χ0v) is 15.8. The van der Waals surface area contributed by atoms with Gasteiger partial charge < -0.3 is 14.6 Å². The van der Waals surface area contributed by atoms with Crippen LogP contribution < -0.4 is 5.56 Å². The molecule has 2 aromatic carbocycles. The van der Waals surface area contributed by atoms with Crippen molar-refractivity contribution in [1.82, 2.24) is 9.88 Å². The molecule has 144 valence electrons. The molecule has 0 saturated heterocycles. The second kappa shape index (κ2) is 8.52. The molecule has 1 aromatic heterocycles. The second-order valence-electron chi connectivity index (χ2n) is 6.77. The van der Waals surface area contributed by atoms with Crippen molar-refractivity contribution in [3.05, 3.63) is 82.1 Å². The molecule has 1 heterocycles. The van der Waals surface area contributed by atoms with E-state index in [4.69, 9.17) is 4.74 Å². The summed E-state index contributed by atoms with van der Waals surface area (Å²) in [5, 5.41) is 0.574. The summed E-state index contributed by atoms with van der Waals surface area (Å²) in [5.74, 6) is -0.986. The number of H-pyrrole nitrogens is 1. The summed E-state index contributed by atoms with van der Waals surface area (Å²) < 4.78 is 5.24. The van der Waals surface area contributed by atoms with Crippen LogP contribution in [0.1, 0.15) is 29.8 Å². The van der Waals surface area contributed by atoms with Crippen LogP contribution in [0.5, 0.6) is 0 Å². The molecule has 1 amide bonds. The molecule has 1 N–H and O–H groups in total. The Labute approximate surface area is 162 Å². The number of rotatable bonds is 6. The number of para-hydroxylation sites is 1. The van der Waals surface area contributed by atoms with Gasteiger partial charge in [-0.1, -0.05) is 48.5 Å². The van der Waals surface area contributed by atoms with Gasteiger partial charge in [0.25, 0.3) is 5.91 Å². The van der Waals surface area contributed by atoms with Gasteiger partial charge in [0.1, 0.15) is 0 Å². The largest absolute Gasteiger partial charge is 0.452 e. The van der Waals surface area contributed by atoms with E-state index >= 15 is 0 Å². The van der Waals surface area contributed by atoms with Crippen molar-refractivity contribution in [2.75, 3.05) is 6.61 Å². The second-order valence-corrected chi connectivity index (χ2v) is 6.77. The minimum Gasteiger partial charge on any atom is -0.452 e. The van der Waals surface area contributed by atoms with Crippen LogP contribution in [-0.2, 0) is 16.1 Å². The van der Waals surface area contributed by atoms with Gasteiger partial charge in [-0.3, -0.25) is 9.59 Å². The van der Waals surface area contributed by atoms with E-state index in [1.807, 2.05) is 44.2 Å². The number of fused-ring (bicyclic) bond motifs is 1. The van der Waals surface area contributed by atoms with Gasteiger partial charge in [-0.2, -0.15) is 0 Å². The van der Waals surface area contributed by atoms with Crippen LogP contribution in [0.4, 0.5) is 0 Å². The lowest BCUT2D eigenvalue weighted by Crippen LogP contribution is -2.39. The fourth-order valence-corrected chi connectivity index (χ4v) is 3.00. The van der Waals surface area contributed by atoms with Crippen molar-refractivity contribution in [2.45, 2.75) is 26.4 Å². The van der Waals surface area contributed by atoms with Crippen LogP contribution in [0.2, 0.25) is 0 Å². The summed E-state index contributed by atoms with van der Waals surface area (Å²) in [6.07, 6.45) is 0.